The lowest BCUT2D eigenvalue weighted by molar-refractivity contribution is 0.0293. The molecule has 1 aliphatic rings. The molecule has 2 aromatic rings. The molecule has 6 nitrogen and oxygen atoms in total. The average molecular weight is 444 g/mol. The summed E-state index contributed by atoms with van der Waals surface area (Å²) in [5.74, 6) is 0. The zero-order valence-corrected chi connectivity index (χ0v) is 20.4. The van der Waals surface area contributed by atoms with E-state index >= 15 is 0 Å². The molecule has 1 saturated heterocycles. The number of hydrogen-bond donors (Lipinski definition) is 1. The maximum absolute atomic E-state index is 12.3. The van der Waals surface area contributed by atoms with Gasteiger partial charge in [-0.25, -0.2) is 4.79 Å². The number of anilines is 1. The van der Waals surface area contributed by atoms with Gasteiger partial charge in [-0.1, -0.05) is 57.9 Å². The van der Waals surface area contributed by atoms with Crippen molar-refractivity contribution < 1.29 is 13.9 Å². The average Bonchev–Trinajstić information content (AvgIpc) is 3.35. The summed E-state index contributed by atoms with van der Waals surface area (Å²) in [5, 5.41) is 3.35. The van der Waals surface area contributed by atoms with Crippen molar-refractivity contribution in [2.75, 3.05) is 18.4 Å². The van der Waals surface area contributed by atoms with Gasteiger partial charge in [0.1, 0.15) is 11.1 Å². The van der Waals surface area contributed by atoms with Gasteiger partial charge in [0.25, 0.3) is 6.01 Å². The SMILES string of the molecule is CCCCCCCCCCc1ccc2nc(N[C@H]3CCN(C(=O)OC(C)(C)C)C3)oc2c1. The van der Waals surface area contributed by atoms with Crippen LogP contribution in [0.3, 0.4) is 0 Å². The van der Waals surface area contributed by atoms with Gasteiger partial charge in [0.2, 0.25) is 0 Å². The number of nitrogens with zero attached hydrogens (tertiary/aromatic N) is 2. The number of unbranched alkanes of at least 4 members (excludes halogenated alkanes) is 7. The summed E-state index contributed by atoms with van der Waals surface area (Å²) in [6.07, 6.45) is 12.3. The van der Waals surface area contributed by atoms with E-state index in [-0.39, 0.29) is 12.1 Å². The van der Waals surface area contributed by atoms with Crippen LogP contribution in [0.5, 0.6) is 0 Å². The fraction of sp³-hybridized carbons (Fsp3) is 0.692. The van der Waals surface area contributed by atoms with Gasteiger partial charge in [0.05, 0.1) is 0 Å². The molecule has 1 aromatic heterocycles. The summed E-state index contributed by atoms with van der Waals surface area (Å²) in [5.41, 5.74) is 2.53. The van der Waals surface area contributed by atoms with Gasteiger partial charge in [-0.3, -0.25) is 0 Å². The minimum Gasteiger partial charge on any atom is -0.444 e. The van der Waals surface area contributed by atoms with E-state index in [0.717, 1.165) is 23.9 Å². The predicted octanol–water partition coefficient (Wildman–Crippen LogP) is 6.93. The molecule has 6 heteroatoms. The first kappa shape index (κ1) is 24.4. The molecule has 0 bridgehead atoms. The number of carbonyl (C=O) groups excluding carboxylic acids is 1. The Labute approximate surface area is 193 Å². The number of rotatable bonds is 11. The molecule has 0 aliphatic carbocycles. The zero-order valence-electron chi connectivity index (χ0n) is 20.4. The number of aryl methyl sites for hydroxylation is 1. The summed E-state index contributed by atoms with van der Waals surface area (Å²) in [7, 11) is 0. The zero-order chi connectivity index (χ0) is 23.0. The third-order valence-corrected chi connectivity index (χ3v) is 5.94. The smallest absolute Gasteiger partial charge is 0.410 e. The van der Waals surface area contributed by atoms with E-state index in [1.807, 2.05) is 26.8 Å². The topological polar surface area (TPSA) is 67.6 Å². The highest BCUT2D eigenvalue weighted by molar-refractivity contribution is 5.75. The molecular formula is C26H41N3O3. The van der Waals surface area contributed by atoms with Crippen molar-refractivity contribution in [3.63, 3.8) is 0 Å². The van der Waals surface area contributed by atoms with Gasteiger partial charge in [-0.2, -0.15) is 4.98 Å². The van der Waals surface area contributed by atoms with Gasteiger partial charge in [0, 0.05) is 19.1 Å². The van der Waals surface area contributed by atoms with Crippen LogP contribution in [0.15, 0.2) is 22.6 Å². The molecule has 178 valence electrons. The first-order chi connectivity index (χ1) is 15.3. The van der Waals surface area contributed by atoms with Gasteiger partial charge < -0.3 is 19.4 Å². The molecule has 1 aromatic carbocycles. The van der Waals surface area contributed by atoms with Crippen molar-refractivity contribution in [3.8, 4) is 0 Å². The first-order valence-electron chi connectivity index (χ1n) is 12.5. The summed E-state index contributed by atoms with van der Waals surface area (Å²) in [6.45, 7) is 9.19. The Kier molecular flexibility index (Phi) is 8.83. The fourth-order valence-corrected chi connectivity index (χ4v) is 4.19. The molecule has 32 heavy (non-hydrogen) atoms. The van der Waals surface area contributed by atoms with Gasteiger partial charge in [0.15, 0.2) is 5.58 Å². The predicted molar refractivity (Wildman–Crippen MR) is 130 cm³/mol. The quantitative estimate of drug-likeness (QED) is 0.381. The van der Waals surface area contributed by atoms with E-state index < -0.39 is 5.60 Å². The summed E-state index contributed by atoms with van der Waals surface area (Å²) in [6, 6.07) is 6.98. The Bertz CT molecular complexity index is 856. The van der Waals surface area contributed by atoms with Crippen LogP contribution < -0.4 is 5.32 Å². The number of carbonyl (C=O) groups is 1. The normalized spacial score (nSPS) is 16.6. The van der Waals surface area contributed by atoms with E-state index in [1.54, 1.807) is 4.90 Å². The lowest BCUT2D eigenvalue weighted by Crippen LogP contribution is -2.36. The Balaban J connectivity index is 1.43. The molecule has 1 atom stereocenters. The molecule has 0 saturated carbocycles. The highest BCUT2D eigenvalue weighted by atomic mass is 16.6. The number of hydrogen-bond acceptors (Lipinski definition) is 5. The number of benzene rings is 1. The molecular weight excluding hydrogens is 402 g/mol. The molecule has 1 N–H and O–H groups in total. The summed E-state index contributed by atoms with van der Waals surface area (Å²) < 4.78 is 11.4. The van der Waals surface area contributed by atoms with Crippen LogP contribution >= 0.6 is 0 Å². The van der Waals surface area contributed by atoms with E-state index in [2.05, 4.69) is 29.4 Å². The first-order valence-corrected chi connectivity index (χ1v) is 12.5. The Morgan fingerprint density at radius 1 is 1.16 bits per heavy atom. The van der Waals surface area contributed by atoms with Crippen molar-refractivity contribution in [1.29, 1.82) is 0 Å². The highest BCUT2D eigenvalue weighted by Crippen LogP contribution is 2.24. The van der Waals surface area contributed by atoms with Crippen LogP contribution in [0.4, 0.5) is 10.8 Å². The Hall–Kier alpha value is -2.24. The summed E-state index contributed by atoms with van der Waals surface area (Å²) in [4.78, 5) is 18.6. The van der Waals surface area contributed by atoms with Crippen LogP contribution in [0, 0.1) is 0 Å². The van der Waals surface area contributed by atoms with Crippen LogP contribution in [-0.2, 0) is 11.2 Å². The third kappa shape index (κ3) is 7.72. The number of nitrogens with one attached hydrogen (secondary N) is 1. The number of likely N-dealkylation sites (tertiary alicyclic amines) is 1. The van der Waals surface area contributed by atoms with Crippen molar-refractivity contribution in [2.24, 2.45) is 0 Å². The molecule has 1 fully saturated rings. The number of fused-ring (bicyclic) bond motifs is 1. The van der Waals surface area contributed by atoms with Gasteiger partial charge in [-0.15, -0.1) is 0 Å². The maximum atomic E-state index is 12.3. The van der Waals surface area contributed by atoms with Gasteiger partial charge >= 0.3 is 6.09 Å². The molecule has 0 radical (unpaired) electrons. The molecule has 1 aliphatic heterocycles. The van der Waals surface area contributed by atoms with Crippen LogP contribution in [0.25, 0.3) is 11.1 Å². The molecule has 0 unspecified atom stereocenters. The second kappa shape index (κ2) is 11.6. The second-order valence-corrected chi connectivity index (χ2v) is 10.1. The van der Waals surface area contributed by atoms with E-state index in [1.165, 1.54) is 56.9 Å². The van der Waals surface area contributed by atoms with Crippen LogP contribution in [0.2, 0.25) is 0 Å². The van der Waals surface area contributed by atoms with Crippen LogP contribution in [-0.4, -0.2) is 40.7 Å². The van der Waals surface area contributed by atoms with Crippen molar-refractivity contribution in [1.82, 2.24) is 9.88 Å². The lowest BCUT2D eigenvalue weighted by atomic mass is 10.0. The Morgan fingerprint density at radius 2 is 1.88 bits per heavy atom. The third-order valence-electron chi connectivity index (χ3n) is 5.94. The number of oxazole rings is 1. The second-order valence-electron chi connectivity index (χ2n) is 10.1. The van der Waals surface area contributed by atoms with Gasteiger partial charge in [-0.05, 0) is 57.7 Å². The number of aromatic nitrogens is 1. The fourth-order valence-electron chi connectivity index (χ4n) is 4.19. The van der Waals surface area contributed by atoms with Crippen molar-refractivity contribution in [3.05, 3.63) is 23.8 Å². The minimum atomic E-state index is -0.477. The van der Waals surface area contributed by atoms with Crippen molar-refractivity contribution in [2.45, 2.75) is 104 Å². The van der Waals surface area contributed by atoms with E-state index in [0.29, 0.717) is 19.1 Å². The van der Waals surface area contributed by atoms with E-state index in [4.69, 9.17) is 9.15 Å². The number of amides is 1. The van der Waals surface area contributed by atoms with Crippen LogP contribution in [0.1, 0.15) is 91.0 Å². The standard InChI is InChI=1S/C26H41N3O3/c1-5-6-7-8-9-10-11-12-13-20-14-15-22-23(18-20)31-24(28-22)27-21-16-17-29(19-21)25(30)32-26(2,3)4/h14-15,18,21H,5-13,16-17,19H2,1-4H3,(H,27,28)/t21-/m0/s1. The maximum Gasteiger partial charge on any atom is 0.410 e. The number of ether oxygens (including phenoxy) is 1. The summed E-state index contributed by atoms with van der Waals surface area (Å²) >= 11 is 0. The monoisotopic (exact) mass is 443 g/mol. The van der Waals surface area contributed by atoms with E-state index in [9.17, 15) is 4.79 Å². The highest BCUT2D eigenvalue weighted by Gasteiger charge is 2.30. The Morgan fingerprint density at radius 3 is 2.59 bits per heavy atom. The molecule has 2 heterocycles. The minimum absolute atomic E-state index is 0.118. The lowest BCUT2D eigenvalue weighted by Gasteiger charge is -2.24. The largest absolute Gasteiger partial charge is 0.444 e. The molecule has 1 amide bonds. The van der Waals surface area contributed by atoms with Crippen molar-refractivity contribution >= 4 is 23.2 Å². The molecule has 0 spiro atoms. The molecule has 3 rings (SSSR count).